The van der Waals surface area contributed by atoms with E-state index in [-0.39, 0.29) is 16.3 Å². The maximum atomic E-state index is 12.2. The van der Waals surface area contributed by atoms with E-state index in [0.29, 0.717) is 17.3 Å². The number of ether oxygens (including phenoxy) is 2. The number of benzene rings is 1. The van der Waals surface area contributed by atoms with Gasteiger partial charge in [-0.3, -0.25) is 0 Å². The highest BCUT2D eigenvalue weighted by Crippen LogP contribution is 2.36. The van der Waals surface area contributed by atoms with Gasteiger partial charge >= 0.3 is 11.9 Å². The Kier molecular flexibility index (Phi) is 7.59. The van der Waals surface area contributed by atoms with Gasteiger partial charge in [-0.25, -0.2) is 9.59 Å². The molecule has 1 aromatic rings. The summed E-state index contributed by atoms with van der Waals surface area (Å²) in [5.41, 5.74) is 0.219. The van der Waals surface area contributed by atoms with E-state index >= 15 is 0 Å². The monoisotopic (exact) mass is 452 g/mol. The van der Waals surface area contributed by atoms with Gasteiger partial charge in [0.2, 0.25) is 0 Å². The molecule has 0 aromatic heterocycles. The van der Waals surface area contributed by atoms with Gasteiger partial charge < -0.3 is 9.47 Å². The van der Waals surface area contributed by atoms with E-state index in [4.69, 9.17) is 21.1 Å². The second-order valence-electron chi connectivity index (χ2n) is 4.58. The number of hydrogen-bond acceptors (Lipinski definition) is 4. The highest BCUT2D eigenvalue weighted by atomic mass is 79.9. The van der Waals surface area contributed by atoms with E-state index in [1.807, 2.05) is 6.92 Å². The van der Waals surface area contributed by atoms with Gasteiger partial charge in [0.15, 0.2) is 11.9 Å². The van der Waals surface area contributed by atoms with Crippen molar-refractivity contribution in [3.8, 4) is 5.75 Å². The molecule has 120 valence electrons. The lowest BCUT2D eigenvalue weighted by Crippen LogP contribution is -2.31. The Morgan fingerprint density at radius 3 is 2.50 bits per heavy atom. The molecule has 0 spiro atoms. The Morgan fingerprint density at radius 1 is 1.36 bits per heavy atom. The Bertz CT molecular complexity index is 578. The number of carbonyl (C=O) groups excluding carboxylic acids is 2. The molecular formula is C15H15Br2ClO4. The van der Waals surface area contributed by atoms with Crippen LogP contribution < -0.4 is 4.74 Å². The first-order valence-corrected chi connectivity index (χ1v) is 8.45. The molecule has 0 amide bonds. The molecule has 1 aromatic carbocycles. The molecule has 0 heterocycles. The van der Waals surface area contributed by atoms with Crippen LogP contribution in [0.5, 0.6) is 5.75 Å². The predicted molar refractivity (Wildman–Crippen MR) is 92.1 cm³/mol. The molecule has 1 atom stereocenters. The second-order valence-corrected chi connectivity index (χ2v) is 6.76. The fourth-order valence-corrected chi connectivity index (χ4v) is 3.32. The minimum atomic E-state index is -0.999. The molecule has 0 aliphatic carbocycles. The molecule has 0 fully saturated rings. The van der Waals surface area contributed by atoms with E-state index in [2.05, 4.69) is 38.4 Å². The topological polar surface area (TPSA) is 52.6 Å². The molecule has 0 aliphatic rings. The average Bonchev–Trinajstić information content (AvgIpc) is 2.41. The zero-order valence-electron chi connectivity index (χ0n) is 12.1. The maximum absolute atomic E-state index is 12.2. The third-order valence-corrected chi connectivity index (χ3v) is 3.90. The Balaban J connectivity index is 2.92. The summed E-state index contributed by atoms with van der Waals surface area (Å²) in [6, 6.07) is 3.30. The van der Waals surface area contributed by atoms with Crippen LogP contribution in [0.1, 0.15) is 26.7 Å². The summed E-state index contributed by atoms with van der Waals surface area (Å²) in [6.45, 7) is 6.87. The van der Waals surface area contributed by atoms with E-state index < -0.39 is 18.0 Å². The summed E-state index contributed by atoms with van der Waals surface area (Å²) in [6.07, 6.45) is 0.00283. The molecule has 4 nitrogen and oxygen atoms in total. The van der Waals surface area contributed by atoms with Crippen LogP contribution in [0.2, 0.25) is 5.02 Å². The lowest BCUT2D eigenvalue weighted by atomic mass is 10.2. The van der Waals surface area contributed by atoms with Crippen molar-refractivity contribution in [2.24, 2.45) is 0 Å². The van der Waals surface area contributed by atoms with Gasteiger partial charge in [0.1, 0.15) is 0 Å². The van der Waals surface area contributed by atoms with Gasteiger partial charge in [-0.15, -0.1) is 0 Å². The highest BCUT2D eigenvalue weighted by Gasteiger charge is 2.26. The number of hydrogen-bond donors (Lipinski definition) is 0. The standard InChI is InChI=1S/C15H15Br2ClO4/c1-4-5-12(21-14(19)8(2)3)15(20)22-13-10(17)6-9(16)7-11(13)18/h6-7,12H,2,4-5H2,1,3H3. The fourth-order valence-electron chi connectivity index (χ4n) is 1.51. The van der Waals surface area contributed by atoms with Crippen LogP contribution >= 0.6 is 43.5 Å². The van der Waals surface area contributed by atoms with Crippen LogP contribution in [0.15, 0.2) is 33.2 Å². The minimum absolute atomic E-state index is 0.183. The summed E-state index contributed by atoms with van der Waals surface area (Å²) in [5.74, 6) is -1.12. The van der Waals surface area contributed by atoms with Crippen molar-refractivity contribution in [1.82, 2.24) is 0 Å². The van der Waals surface area contributed by atoms with Crippen LogP contribution in [0.25, 0.3) is 0 Å². The Labute approximate surface area is 151 Å². The predicted octanol–water partition coefficient (Wildman–Crippen LogP) is 5.06. The lowest BCUT2D eigenvalue weighted by molar-refractivity contribution is -0.159. The highest BCUT2D eigenvalue weighted by molar-refractivity contribution is 9.11. The van der Waals surface area contributed by atoms with E-state index in [1.165, 1.54) is 6.92 Å². The number of halogens is 3. The SMILES string of the molecule is C=C(C)C(=O)OC(CCC)C(=O)Oc1c(Cl)cc(Br)cc1Br. The fraction of sp³-hybridized carbons (Fsp3) is 0.333. The van der Waals surface area contributed by atoms with Crippen LogP contribution in [-0.2, 0) is 14.3 Å². The first-order valence-electron chi connectivity index (χ1n) is 6.49. The van der Waals surface area contributed by atoms with Crippen LogP contribution in [0.3, 0.4) is 0 Å². The quantitative estimate of drug-likeness (QED) is 0.343. The van der Waals surface area contributed by atoms with Crippen LogP contribution in [-0.4, -0.2) is 18.0 Å². The maximum Gasteiger partial charge on any atom is 0.352 e. The van der Waals surface area contributed by atoms with Gasteiger partial charge in [0.05, 0.1) is 9.50 Å². The average molecular weight is 455 g/mol. The minimum Gasteiger partial charge on any atom is -0.447 e. The summed E-state index contributed by atoms with van der Waals surface area (Å²) in [7, 11) is 0. The van der Waals surface area contributed by atoms with Crippen molar-refractivity contribution >= 4 is 55.4 Å². The van der Waals surface area contributed by atoms with Crippen LogP contribution in [0, 0.1) is 0 Å². The molecule has 1 unspecified atom stereocenters. The zero-order valence-corrected chi connectivity index (χ0v) is 16.0. The molecular weight excluding hydrogens is 439 g/mol. The zero-order chi connectivity index (χ0) is 16.9. The third-order valence-electron chi connectivity index (χ3n) is 2.58. The summed E-state index contributed by atoms with van der Waals surface area (Å²) >= 11 is 12.6. The van der Waals surface area contributed by atoms with Crippen LogP contribution in [0.4, 0.5) is 0 Å². The number of carbonyl (C=O) groups is 2. The normalized spacial score (nSPS) is 11.7. The molecule has 0 N–H and O–H groups in total. The number of rotatable bonds is 6. The Hall–Kier alpha value is -0.850. The summed E-state index contributed by atoms with van der Waals surface area (Å²) in [4.78, 5) is 23.8. The van der Waals surface area contributed by atoms with Gasteiger partial charge in [-0.1, -0.05) is 47.5 Å². The number of esters is 2. The van der Waals surface area contributed by atoms with Gasteiger partial charge in [-0.2, -0.15) is 0 Å². The lowest BCUT2D eigenvalue weighted by Gasteiger charge is -2.17. The molecule has 0 saturated carbocycles. The van der Waals surface area contributed by atoms with Crippen molar-refractivity contribution < 1.29 is 19.1 Å². The van der Waals surface area contributed by atoms with E-state index in [1.54, 1.807) is 12.1 Å². The van der Waals surface area contributed by atoms with E-state index in [9.17, 15) is 9.59 Å². The van der Waals surface area contributed by atoms with Gasteiger partial charge in [0.25, 0.3) is 0 Å². The first-order chi connectivity index (χ1) is 10.3. The van der Waals surface area contributed by atoms with Gasteiger partial charge in [0, 0.05) is 10.0 Å². The smallest absolute Gasteiger partial charge is 0.352 e. The molecule has 7 heteroatoms. The first kappa shape index (κ1) is 19.2. The van der Waals surface area contributed by atoms with Crippen molar-refractivity contribution in [2.45, 2.75) is 32.8 Å². The van der Waals surface area contributed by atoms with Crippen molar-refractivity contribution in [1.29, 1.82) is 0 Å². The van der Waals surface area contributed by atoms with E-state index in [0.717, 1.165) is 4.47 Å². The summed E-state index contributed by atoms with van der Waals surface area (Å²) < 4.78 is 11.6. The van der Waals surface area contributed by atoms with Gasteiger partial charge in [-0.05, 0) is 41.4 Å². The molecule has 0 radical (unpaired) electrons. The molecule has 0 saturated heterocycles. The third kappa shape index (κ3) is 5.41. The molecule has 1 rings (SSSR count). The second kappa shape index (κ2) is 8.70. The van der Waals surface area contributed by atoms with Crippen molar-refractivity contribution in [3.05, 3.63) is 38.3 Å². The van der Waals surface area contributed by atoms with Crippen molar-refractivity contribution in [3.63, 3.8) is 0 Å². The summed E-state index contributed by atoms with van der Waals surface area (Å²) in [5, 5.41) is 0.260. The Morgan fingerprint density at radius 2 is 2.00 bits per heavy atom. The molecule has 22 heavy (non-hydrogen) atoms. The van der Waals surface area contributed by atoms with Crippen molar-refractivity contribution in [2.75, 3.05) is 0 Å². The largest absolute Gasteiger partial charge is 0.447 e. The molecule has 0 aliphatic heterocycles. The molecule has 0 bridgehead atoms.